The third kappa shape index (κ3) is 2.00. The van der Waals surface area contributed by atoms with Crippen molar-refractivity contribution in [2.24, 2.45) is 5.41 Å². The first-order chi connectivity index (χ1) is 7.81. The molecule has 1 aromatic rings. The first-order valence-corrected chi connectivity index (χ1v) is 6.92. The van der Waals surface area contributed by atoms with Crippen LogP contribution in [0.5, 0.6) is 0 Å². The minimum atomic E-state index is -0.695. The molecule has 1 aliphatic carbocycles. The van der Waals surface area contributed by atoms with Crippen LogP contribution in [0.3, 0.4) is 0 Å². The Hall–Kier alpha value is -0.860. The van der Waals surface area contributed by atoms with Crippen LogP contribution in [0, 0.1) is 23.7 Å². The minimum Gasteiger partial charge on any atom is -0.333 e. The second-order valence-electron chi connectivity index (χ2n) is 5.08. The van der Waals surface area contributed by atoms with Crippen molar-refractivity contribution in [2.45, 2.75) is 32.7 Å². The minimum absolute atomic E-state index is 0.130. The molecule has 90 valence electrons. The van der Waals surface area contributed by atoms with E-state index in [0.29, 0.717) is 12.0 Å². The van der Waals surface area contributed by atoms with Gasteiger partial charge in [0.1, 0.15) is 5.54 Å². The Labute approximate surface area is 113 Å². The Morgan fingerprint density at radius 2 is 2.24 bits per heavy atom. The van der Waals surface area contributed by atoms with Gasteiger partial charge in [-0.1, -0.05) is 13.8 Å². The summed E-state index contributed by atoms with van der Waals surface area (Å²) in [5.74, 6) is -0.173. The van der Waals surface area contributed by atoms with Crippen molar-refractivity contribution >= 4 is 33.2 Å². The number of hydrogen-bond donors (Lipinski definition) is 1. The average Bonchev–Trinajstić information content (AvgIpc) is 2.58. The summed E-state index contributed by atoms with van der Waals surface area (Å²) in [5.41, 5.74) is -0.210. The summed E-state index contributed by atoms with van der Waals surface area (Å²) >= 11 is 4.90. The third-order valence-corrected chi connectivity index (χ3v) is 5.06. The van der Waals surface area contributed by atoms with Crippen LogP contribution in [-0.2, 0) is 0 Å². The molecule has 0 saturated heterocycles. The Morgan fingerprint density at radius 1 is 1.65 bits per heavy atom. The van der Waals surface area contributed by atoms with E-state index in [0.717, 1.165) is 8.66 Å². The molecule has 3 nitrogen and oxygen atoms in total. The van der Waals surface area contributed by atoms with E-state index in [2.05, 4.69) is 27.3 Å². The summed E-state index contributed by atoms with van der Waals surface area (Å²) in [7, 11) is 0. The van der Waals surface area contributed by atoms with Gasteiger partial charge in [-0.15, -0.1) is 11.3 Å². The number of carbonyl (C=O) groups is 1. The van der Waals surface area contributed by atoms with E-state index in [1.54, 1.807) is 0 Å². The van der Waals surface area contributed by atoms with Gasteiger partial charge in [-0.25, -0.2) is 0 Å². The second-order valence-corrected chi connectivity index (χ2v) is 7.65. The standard InChI is InChI=1S/C12H13BrN2OS/c1-7-4-8(9(13)17-7)10(16)15-12(6-14)5-11(12,2)3/h4H,5H2,1-3H3,(H,15,16). The Bertz CT molecular complexity index is 529. The lowest BCUT2D eigenvalue weighted by molar-refractivity contribution is 0.0934. The summed E-state index contributed by atoms with van der Waals surface area (Å²) in [6, 6.07) is 4.06. The highest BCUT2D eigenvalue weighted by molar-refractivity contribution is 9.11. The van der Waals surface area contributed by atoms with Gasteiger partial charge in [-0.05, 0) is 35.3 Å². The lowest BCUT2D eigenvalue weighted by Crippen LogP contribution is -2.39. The van der Waals surface area contributed by atoms with E-state index in [4.69, 9.17) is 0 Å². The molecule has 1 fully saturated rings. The van der Waals surface area contributed by atoms with Crippen LogP contribution >= 0.6 is 27.3 Å². The molecule has 1 amide bonds. The van der Waals surface area contributed by atoms with Crippen LogP contribution in [0.4, 0.5) is 0 Å². The van der Waals surface area contributed by atoms with E-state index < -0.39 is 5.54 Å². The molecule has 0 aromatic carbocycles. The number of halogens is 1. The number of thiophene rings is 1. The summed E-state index contributed by atoms with van der Waals surface area (Å²) in [6.07, 6.45) is 0.711. The number of nitrogens with one attached hydrogen (secondary N) is 1. The molecule has 1 heterocycles. The quantitative estimate of drug-likeness (QED) is 0.911. The molecule has 1 aromatic heterocycles. The topological polar surface area (TPSA) is 52.9 Å². The largest absolute Gasteiger partial charge is 0.333 e. The fourth-order valence-corrected chi connectivity index (χ4v) is 3.73. The van der Waals surface area contributed by atoms with E-state index >= 15 is 0 Å². The predicted molar refractivity (Wildman–Crippen MR) is 71.0 cm³/mol. The number of aryl methyl sites for hydroxylation is 1. The monoisotopic (exact) mass is 312 g/mol. The Balaban J connectivity index is 2.19. The molecule has 1 aliphatic rings. The smallest absolute Gasteiger partial charge is 0.254 e. The van der Waals surface area contributed by atoms with Gasteiger partial charge in [-0.3, -0.25) is 4.79 Å². The molecule has 2 rings (SSSR count). The van der Waals surface area contributed by atoms with E-state index in [9.17, 15) is 10.1 Å². The van der Waals surface area contributed by atoms with Crippen molar-refractivity contribution in [1.29, 1.82) is 5.26 Å². The van der Waals surface area contributed by atoms with Crippen molar-refractivity contribution in [1.82, 2.24) is 5.32 Å². The SMILES string of the molecule is Cc1cc(C(=O)NC2(C#N)CC2(C)C)c(Br)s1. The number of nitrogens with zero attached hydrogens (tertiary/aromatic N) is 1. The van der Waals surface area contributed by atoms with E-state index in [1.807, 2.05) is 26.8 Å². The van der Waals surface area contributed by atoms with Gasteiger partial charge in [0.15, 0.2) is 0 Å². The molecular formula is C12H13BrN2OS. The maximum Gasteiger partial charge on any atom is 0.254 e. The summed E-state index contributed by atoms with van der Waals surface area (Å²) in [5, 5.41) is 12.0. The van der Waals surface area contributed by atoms with E-state index in [1.165, 1.54) is 11.3 Å². The molecule has 5 heteroatoms. The number of rotatable bonds is 2. The zero-order valence-corrected chi connectivity index (χ0v) is 12.3. The molecule has 1 atom stereocenters. The van der Waals surface area contributed by atoms with Gasteiger partial charge >= 0.3 is 0 Å². The number of hydrogen-bond acceptors (Lipinski definition) is 3. The van der Waals surface area contributed by atoms with Crippen LogP contribution in [0.1, 0.15) is 35.5 Å². The molecule has 1 unspecified atom stereocenters. The molecule has 0 radical (unpaired) electrons. The molecule has 1 saturated carbocycles. The van der Waals surface area contributed by atoms with Crippen LogP contribution < -0.4 is 5.32 Å². The fraction of sp³-hybridized carbons (Fsp3) is 0.500. The molecule has 17 heavy (non-hydrogen) atoms. The average molecular weight is 313 g/mol. The van der Waals surface area contributed by atoms with Gasteiger partial charge in [0.05, 0.1) is 15.4 Å². The highest BCUT2D eigenvalue weighted by Crippen LogP contribution is 2.55. The van der Waals surface area contributed by atoms with Gasteiger partial charge < -0.3 is 5.32 Å². The maximum absolute atomic E-state index is 12.1. The van der Waals surface area contributed by atoms with Crippen molar-refractivity contribution in [3.8, 4) is 6.07 Å². The maximum atomic E-state index is 12.1. The lowest BCUT2D eigenvalue weighted by Gasteiger charge is -2.13. The highest BCUT2D eigenvalue weighted by atomic mass is 79.9. The Kier molecular flexibility index (Phi) is 2.83. The van der Waals surface area contributed by atoms with Crippen LogP contribution in [0.15, 0.2) is 9.85 Å². The lowest BCUT2D eigenvalue weighted by atomic mass is 10.1. The van der Waals surface area contributed by atoms with Crippen LogP contribution in [-0.4, -0.2) is 11.4 Å². The predicted octanol–water partition coefficient (Wildman–Crippen LogP) is 3.24. The van der Waals surface area contributed by atoms with E-state index in [-0.39, 0.29) is 11.3 Å². The number of nitriles is 1. The van der Waals surface area contributed by atoms with Crippen molar-refractivity contribution in [3.63, 3.8) is 0 Å². The van der Waals surface area contributed by atoms with Crippen molar-refractivity contribution in [2.75, 3.05) is 0 Å². The molecule has 0 aliphatic heterocycles. The molecule has 0 bridgehead atoms. The Morgan fingerprint density at radius 3 is 2.59 bits per heavy atom. The first kappa shape index (κ1) is 12.6. The van der Waals surface area contributed by atoms with Gasteiger partial charge in [0.2, 0.25) is 0 Å². The van der Waals surface area contributed by atoms with Crippen molar-refractivity contribution < 1.29 is 4.79 Å². The van der Waals surface area contributed by atoms with Crippen LogP contribution in [0.25, 0.3) is 0 Å². The molecule has 1 N–H and O–H groups in total. The normalized spacial score (nSPS) is 25.1. The molecular weight excluding hydrogens is 300 g/mol. The summed E-state index contributed by atoms with van der Waals surface area (Å²) in [4.78, 5) is 13.2. The zero-order chi connectivity index (χ0) is 12.8. The fourth-order valence-electron chi connectivity index (χ4n) is 1.95. The summed E-state index contributed by atoms with van der Waals surface area (Å²) < 4.78 is 0.819. The van der Waals surface area contributed by atoms with Crippen LogP contribution in [0.2, 0.25) is 0 Å². The second kappa shape index (κ2) is 3.82. The van der Waals surface area contributed by atoms with Gasteiger partial charge in [0, 0.05) is 10.3 Å². The van der Waals surface area contributed by atoms with Crippen molar-refractivity contribution in [3.05, 3.63) is 20.3 Å². The van der Waals surface area contributed by atoms with Gasteiger partial charge in [0.25, 0.3) is 5.91 Å². The summed E-state index contributed by atoms with van der Waals surface area (Å²) in [6.45, 7) is 5.93. The third-order valence-electron chi connectivity index (χ3n) is 3.31. The zero-order valence-electron chi connectivity index (χ0n) is 9.93. The van der Waals surface area contributed by atoms with Gasteiger partial charge in [-0.2, -0.15) is 5.26 Å². The highest BCUT2D eigenvalue weighted by Gasteiger charge is 2.63. The number of carbonyl (C=O) groups excluding carboxylic acids is 1. The first-order valence-electron chi connectivity index (χ1n) is 5.31. The number of amides is 1. The molecule has 0 spiro atoms.